The van der Waals surface area contributed by atoms with Crippen LogP contribution in [-0.4, -0.2) is 107 Å². The molecule has 0 spiro atoms. The molecule has 1 unspecified atom stereocenters. The number of nitrogens with one attached hydrogen (secondary N) is 3. The highest BCUT2D eigenvalue weighted by molar-refractivity contribution is 7.92. The molecule has 5 heterocycles. The molecule has 0 bridgehead atoms. The van der Waals surface area contributed by atoms with E-state index in [-0.39, 0.29) is 60.1 Å². The van der Waals surface area contributed by atoms with E-state index < -0.39 is 63.1 Å². The Hall–Kier alpha value is -6.29. The van der Waals surface area contributed by atoms with Gasteiger partial charge < -0.3 is 15.5 Å². The summed E-state index contributed by atoms with van der Waals surface area (Å²) in [5.74, 6) is -4.17. The number of alkyl halides is 3. The van der Waals surface area contributed by atoms with Crippen molar-refractivity contribution in [3.05, 3.63) is 88.8 Å². The lowest BCUT2D eigenvalue weighted by Crippen LogP contribution is -2.54. The van der Waals surface area contributed by atoms with Crippen molar-refractivity contribution in [2.45, 2.75) is 38.1 Å². The van der Waals surface area contributed by atoms with Gasteiger partial charge in [-0.05, 0) is 42.8 Å². The van der Waals surface area contributed by atoms with Crippen molar-refractivity contribution in [2.24, 2.45) is 0 Å². The number of rotatable bonds is 11. The van der Waals surface area contributed by atoms with Gasteiger partial charge in [0.15, 0.2) is 5.82 Å². The van der Waals surface area contributed by atoms with Crippen LogP contribution in [-0.2, 0) is 38.9 Å². The van der Waals surface area contributed by atoms with Crippen LogP contribution in [0.2, 0.25) is 0 Å². The summed E-state index contributed by atoms with van der Waals surface area (Å²) in [5, 5.41) is 7.63. The van der Waals surface area contributed by atoms with Gasteiger partial charge in [-0.25, -0.2) is 22.8 Å². The molecule has 22 heteroatoms. The predicted octanol–water partition coefficient (Wildman–Crippen LogP) is 2.90. The number of nitrogens with zero attached hydrogens (tertiary/aromatic N) is 8. The molecule has 0 aliphatic carbocycles. The molecule has 3 N–H and O–H groups in total. The van der Waals surface area contributed by atoms with E-state index in [1.165, 1.54) is 25.5 Å². The maximum Gasteiger partial charge on any atom is 0.421 e. The molecule has 3 aliphatic rings. The second kappa shape index (κ2) is 15.6. The van der Waals surface area contributed by atoms with Gasteiger partial charge in [0.2, 0.25) is 27.8 Å². The molecule has 1 atom stereocenters. The number of anilines is 5. The van der Waals surface area contributed by atoms with Gasteiger partial charge in [0.05, 0.1) is 23.9 Å². The number of hydrogen-bond acceptors (Lipinski definition) is 14. The first-order valence-electron chi connectivity index (χ1n) is 17.8. The predicted molar refractivity (Wildman–Crippen MR) is 200 cm³/mol. The summed E-state index contributed by atoms with van der Waals surface area (Å²) in [6.07, 6.45) is -0.713. The number of aromatic nitrogens is 4. The van der Waals surface area contributed by atoms with Gasteiger partial charge in [-0.15, -0.1) is 0 Å². The van der Waals surface area contributed by atoms with Crippen molar-refractivity contribution in [3.63, 3.8) is 0 Å². The maximum absolute atomic E-state index is 15.3. The second-order valence-electron chi connectivity index (χ2n) is 13.7. The van der Waals surface area contributed by atoms with Crippen LogP contribution in [0.3, 0.4) is 0 Å². The molecule has 0 radical (unpaired) electrons. The van der Waals surface area contributed by atoms with Gasteiger partial charge in [0.1, 0.15) is 28.9 Å². The van der Waals surface area contributed by atoms with Crippen molar-refractivity contribution < 1.29 is 45.2 Å². The van der Waals surface area contributed by atoms with E-state index >= 15 is 4.39 Å². The monoisotopic (exact) mass is 825 g/mol. The van der Waals surface area contributed by atoms with Gasteiger partial charge in [-0.1, -0.05) is 0 Å². The van der Waals surface area contributed by atoms with Gasteiger partial charge in [-0.2, -0.15) is 18.2 Å². The number of fused-ring (bicyclic) bond motifs is 1. The highest BCUT2D eigenvalue weighted by atomic mass is 32.2. The molecule has 304 valence electrons. The van der Waals surface area contributed by atoms with Gasteiger partial charge >= 0.3 is 6.18 Å². The first-order valence-corrected chi connectivity index (χ1v) is 19.6. The molecular weight excluding hydrogens is 791 g/mol. The Morgan fingerprint density at radius 3 is 2.28 bits per heavy atom. The quantitative estimate of drug-likeness (QED) is 0.147. The summed E-state index contributed by atoms with van der Waals surface area (Å²) >= 11 is 0. The first-order chi connectivity index (χ1) is 27.5. The normalized spacial score (nSPS) is 17.7. The van der Waals surface area contributed by atoms with Crippen molar-refractivity contribution in [1.29, 1.82) is 0 Å². The number of hydrogen-bond donors (Lipinski definition) is 3. The maximum atomic E-state index is 15.3. The summed E-state index contributed by atoms with van der Waals surface area (Å²) < 4.78 is 82.0. The molecule has 2 aromatic carbocycles. The standard InChI is InChI=1S/C36H35F4N11O6S/c1-48(58(2,56)57)31-27(41-9-10-42-31)18-43-30-25(36(38,39)40)17-44-35(47-30)45-21-3-5-22(6-4-21)50-13-11-49(12-14-50)19-20-15-23-24(16-26(20)37)34(55)51(33(23)54)28-7-8-29(52)46-32(28)53/h3-6,9-10,15-17,28H,7-8,11-14,18-19H2,1-2H3,(H,46,52,53)(H2,43,44,45,47). The molecule has 3 aliphatic heterocycles. The van der Waals surface area contributed by atoms with Crippen molar-refractivity contribution in [2.75, 3.05) is 59.3 Å². The Balaban J connectivity index is 0.970. The number of piperidine rings is 1. The molecule has 4 amide bonds. The van der Waals surface area contributed by atoms with Crippen LogP contribution in [0.4, 0.5) is 46.5 Å². The van der Waals surface area contributed by atoms with Crippen LogP contribution >= 0.6 is 0 Å². The lowest BCUT2D eigenvalue weighted by molar-refractivity contribution is -0.138. The summed E-state index contributed by atoms with van der Waals surface area (Å²) in [6.45, 7) is 2.01. The Labute approximate surface area is 328 Å². The highest BCUT2D eigenvalue weighted by Crippen LogP contribution is 2.35. The van der Waals surface area contributed by atoms with E-state index in [1.54, 1.807) is 12.1 Å². The number of halogens is 4. The zero-order valence-corrected chi connectivity index (χ0v) is 31.7. The average Bonchev–Trinajstić information content (AvgIpc) is 3.41. The Bertz CT molecular complexity index is 2410. The first kappa shape index (κ1) is 39.9. The van der Waals surface area contributed by atoms with E-state index in [0.717, 1.165) is 27.2 Å². The minimum atomic E-state index is -4.81. The molecule has 58 heavy (non-hydrogen) atoms. The van der Waals surface area contributed by atoms with Crippen molar-refractivity contribution >= 4 is 62.6 Å². The zero-order chi connectivity index (χ0) is 41.5. The van der Waals surface area contributed by atoms with Crippen LogP contribution in [0, 0.1) is 5.82 Å². The third-order valence-electron chi connectivity index (χ3n) is 9.93. The number of benzene rings is 2. The van der Waals surface area contributed by atoms with E-state index in [2.05, 4.69) is 40.8 Å². The fourth-order valence-electron chi connectivity index (χ4n) is 6.80. The lowest BCUT2D eigenvalue weighted by Gasteiger charge is -2.36. The topological polar surface area (TPSA) is 203 Å². The number of sulfonamides is 1. The highest BCUT2D eigenvalue weighted by Gasteiger charge is 2.45. The van der Waals surface area contributed by atoms with Crippen LogP contribution in [0.25, 0.3) is 0 Å². The van der Waals surface area contributed by atoms with Gasteiger partial charge in [0, 0.05) is 81.7 Å². The average molecular weight is 826 g/mol. The summed E-state index contributed by atoms with van der Waals surface area (Å²) in [5.41, 5.74) is 0.343. The van der Waals surface area contributed by atoms with E-state index in [4.69, 9.17) is 0 Å². The molecule has 4 aromatic rings. The van der Waals surface area contributed by atoms with E-state index in [0.29, 0.717) is 38.1 Å². The number of imide groups is 2. The van der Waals surface area contributed by atoms with Crippen LogP contribution < -0.4 is 25.2 Å². The SMILES string of the molecule is CN(c1nccnc1CNc1nc(Nc2ccc(N3CCN(Cc4cc5c(cc4F)C(=O)N(C4CCC(=O)NC4=O)C5=O)CC3)cc2)ncc1C(F)(F)F)S(C)(=O)=O. The van der Waals surface area contributed by atoms with Crippen molar-refractivity contribution in [1.82, 2.24) is 35.1 Å². The molecule has 2 fully saturated rings. The number of amides is 4. The zero-order valence-electron chi connectivity index (χ0n) is 30.9. The largest absolute Gasteiger partial charge is 0.421 e. The van der Waals surface area contributed by atoms with E-state index in [9.17, 15) is 40.8 Å². The molecule has 2 aromatic heterocycles. The Kier molecular flexibility index (Phi) is 10.7. The smallest absolute Gasteiger partial charge is 0.369 e. The van der Waals surface area contributed by atoms with Crippen LogP contribution in [0.1, 0.15) is 50.4 Å². The fraction of sp³-hybridized carbons (Fsp3) is 0.333. The minimum Gasteiger partial charge on any atom is -0.369 e. The van der Waals surface area contributed by atoms with Crippen LogP contribution in [0.15, 0.2) is 55.0 Å². The van der Waals surface area contributed by atoms with Crippen molar-refractivity contribution in [3.8, 4) is 0 Å². The van der Waals surface area contributed by atoms with E-state index in [1.807, 2.05) is 17.0 Å². The molecular formula is C36H35F4N11O6S. The molecule has 17 nitrogen and oxygen atoms in total. The molecule has 0 saturated carbocycles. The Morgan fingerprint density at radius 2 is 1.62 bits per heavy atom. The fourth-order valence-corrected chi connectivity index (χ4v) is 7.27. The molecule has 2 saturated heterocycles. The van der Waals surface area contributed by atoms with Gasteiger partial charge in [-0.3, -0.25) is 43.6 Å². The van der Waals surface area contributed by atoms with Crippen LogP contribution in [0.5, 0.6) is 0 Å². The number of carbonyl (C=O) groups excluding carboxylic acids is 4. The summed E-state index contributed by atoms with van der Waals surface area (Å²) in [7, 11) is -2.49. The summed E-state index contributed by atoms with van der Waals surface area (Å²) in [4.78, 5) is 71.1. The third-order valence-corrected chi connectivity index (χ3v) is 11.1. The minimum absolute atomic E-state index is 0.00297. The third kappa shape index (κ3) is 8.23. The number of piperazine rings is 1. The lowest BCUT2D eigenvalue weighted by atomic mass is 10.0. The summed E-state index contributed by atoms with van der Waals surface area (Å²) in [6, 6.07) is 8.26. The number of carbonyl (C=O) groups is 4. The molecule has 7 rings (SSSR count). The second-order valence-corrected chi connectivity index (χ2v) is 15.7. The van der Waals surface area contributed by atoms with Gasteiger partial charge in [0.25, 0.3) is 11.8 Å². The Morgan fingerprint density at radius 1 is 0.948 bits per heavy atom.